The molecule has 0 saturated carbocycles. The molecule has 31 heavy (non-hydrogen) atoms. The Kier molecular flexibility index (Phi) is 5.61. The molecule has 2 N–H and O–H groups in total. The van der Waals surface area contributed by atoms with Crippen LogP contribution in [0.25, 0.3) is 27.7 Å². The van der Waals surface area contributed by atoms with E-state index < -0.39 is 0 Å². The van der Waals surface area contributed by atoms with E-state index in [0.29, 0.717) is 29.0 Å². The Morgan fingerprint density at radius 2 is 1.87 bits per heavy atom. The molecular formula is C23H21N7O. The summed E-state index contributed by atoms with van der Waals surface area (Å²) in [5.41, 5.74) is 5.31. The molecule has 8 heteroatoms. The van der Waals surface area contributed by atoms with E-state index in [1.165, 1.54) is 12.7 Å². The summed E-state index contributed by atoms with van der Waals surface area (Å²) in [6.07, 6.45) is 4.70. The fraction of sp³-hybridized carbons (Fsp3) is 0.130. The molecule has 0 unspecified atom stereocenters. The quantitative estimate of drug-likeness (QED) is 0.501. The number of carbonyl (C=O) groups excluding carboxylic acids is 1. The van der Waals surface area contributed by atoms with Gasteiger partial charge in [0.2, 0.25) is 0 Å². The van der Waals surface area contributed by atoms with Crippen molar-refractivity contribution in [1.29, 1.82) is 0 Å². The van der Waals surface area contributed by atoms with Crippen LogP contribution < -0.4 is 10.6 Å². The zero-order chi connectivity index (χ0) is 21.8. The average Bonchev–Trinajstić information content (AvgIpc) is 2.82. The van der Waals surface area contributed by atoms with Gasteiger partial charge in [-0.05, 0) is 24.6 Å². The molecule has 0 radical (unpaired) electrons. The average molecular weight is 411 g/mol. The summed E-state index contributed by atoms with van der Waals surface area (Å²) in [6, 6.07) is 11.4. The third-order valence-electron chi connectivity index (χ3n) is 4.84. The first kappa shape index (κ1) is 20.1. The number of amides is 1. The summed E-state index contributed by atoms with van der Waals surface area (Å²) < 4.78 is 0. The topological polar surface area (TPSA) is 106 Å². The third-order valence-corrected chi connectivity index (χ3v) is 4.84. The molecule has 4 rings (SSSR count). The van der Waals surface area contributed by atoms with Crippen molar-refractivity contribution in [3.63, 3.8) is 0 Å². The van der Waals surface area contributed by atoms with Crippen molar-refractivity contribution in [3.05, 3.63) is 78.8 Å². The van der Waals surface area contributed by atoms with Gasteiger partial charge in [-0.15, -0.1) is 0 Å². The Bertz CT molecular complexity index is 1270. The minimum absolute atomic E-state index is 0.257. The number of benzene rings is 1. The second-order valence-corrected chi connectivity index (χ2v) is 6.94. The smallest absolute Gasteiger partial charge is 0.270 e. The number of carbonyl (C=O) groups is 1. The Hall–Kier alpha value is -4.20. The number of fused-ring (bicyclic) bond motifs is 1. The van der Waals surface area contributed by atoms with Crippen LogP contribution in [0.2, 0.25) is 0 Å². The normalized spacial score (nSPS) is 10.6. The Morgan fingerprint density at radius 3 is 2.65 bits per heavy atom. The number of aromatic nitrogens is 5. The Balaban J connectivity index is 1.56. The molecule has 0 bridgehead atoms. The largest absolute Gasteiger partial charge is 0.366 e. The van der Waals surface area contributed by atoms with Crippen LogP contribution in [-0.4, -0.2) is 44.4 Å². The minimum atomic E-state index is -0.257. The predicted molar refractivity (Wildman–Crippen MR) is 120 cm³/mol. The lowest BCUT2D eigenvalue weighted by Gasteiger charge is -2.12. The number of nitrogens with one attached hydrogen (secondary N) is 2. The van der Waals surface area contributed by atoms with Gasteiger partial charge in [-0.25, -0.2) is 19.9 Å². The Morgan fingerprint density at radius 1 is 1.03 bits per heavy atom. The SMILES string of the molecule is C=C(CNc1cc(-c2ccc(C)nc2)ncn1)c1cccc2c(C(=O)NC)ncnc12. The molecule has 8 nitrogen and oxygen atoms in total. The van der Waals surface area contributed by atoms with E-state index >= 15 is 0 Å². The van der Waals surface area contributed by atoms with Crippen LogP contribution in [0.1, 0.15) is 21.7 Å². The van der Waals surface area contributed by atoms with Gasteiger partial charge in [0.25, 0.3) is 5.91 Å². The summed E-state index contributed by atoms with van der Waals surface area (Å²) in [5.74, 6) is 0.417. The van der Waals surface area contributed by atoms with E-state index in [1.54, 1.807) is 13.2 Å². The molecular weight excluding hydrogens is 390 g/mol. The van der Waals surface area contributed by atoms with Crippen LogP contribution in [0.15, 0.2) is 61.8 Å². The summed E-state index contributed by atoms with van der Waals surface area (Å²) in [4.78, 5) is 33.6. The number of hydrogen-bond donors (Lipinski definition) is 2. The third kappa shape index (κ3) is 4.23. The van der Waals surface area contributed by atoms with Crippen molar-refractivity contribution in [2.24, 2.45) is 0 Å². The molecule has 0 spiro atoms. The standard InChI is InChI=1S/C23H21N7O/c1-14(17-5-4-6-18-21(17)29-13-30-22(18)23(31)24-3)10-26-20-9-19(27-12-28-20)16-8-7-15(2)25-11-16/h4-9,11-13H,1,10H2,2-3H3,(H,24,31)(H,26,27,28). The van der Waals surface area contributed by atoms with Crippen LogP contribution in [-0.2, 0) is 0 Å². The van der Waals surface area contributed by atoms with Gasteiger partial charge in [-0.2, -0.15) is 0 Å². The summed E-state index contributed by atoms with van der Waals surface area (Å²) >= 11 is 0. The molecule has 4 aromatic rings. The minimum Gasteiger partial charge on any atom is -0.366 e. The number of anilines is 1. The molecule has 154 valence electrons. The number of hydrogen-bond acceptors (Lipinski definition) is 7. The van der Waals surface area contributed by atoms with E-state index in [4.69, 9.17) is 0 Å². The zero-order valence-corrected chi connectivity index (χ0v) is 17.3. The van der Waals surface area contributed by atoms with Crippen LogP contribution in [0.3, 0.4) is 0 Å². The van der Waals surface area contributed by atoms with E-state index in [0.717, 1.165) is 28.1 Å². The summed E-state index contributed by atoms with van der Waals surface area (Å²) in [7, 11) is 1.58. The first-order valence-corrected chi connectivity index (χ1v) is 9.69. The molecule has 0 aliphatic carbocycles. The van der Waals surface area contributed by atoms with Gasteiger partial charge in [0.15, 0.2) is 0 Å². The van der Waals surface area contributed by atoms with Crippen molar-refractivity contribution in [2.45, 2.75) is 6.92 Å². The van der Waals surface area contributed by atoms with Crippen LogP contribution >= 0.6 is 0 Å². The summed E-state index contributed by atoms with van der Waals surface area (Å²) in [5, 5.41) is 6.57. The zero-order valence-electron chi connectivity index (χ0n) is 17.3. The van der Waals surface area contributed by atoms with E-state index in [1.807, 2.05) is 43.3 Å². The molecule has 0 atom stereocenters. The van der Waals surface area contributed by atoms with Gasteiger partial charge in [-0.3, -0.25) is 9.78 Å². The van der Waals surface area contributed by atoms with Crippen LogP contribution in [0, 0.1) is 6.92 Å². The number of para-hydroxylation sites is 1. The molecule has 0 aliphatic rings. The Labute approximate surface area is 179 Å². The fourth-order valence-corrected chi connectivity index (χ4v) is 3.20. The molecule has 0 aliphatic heterocycles. The second kappa shape index (κ2) is 8.66. The van der Waals surface area contributed by atoms with Gasteiger partial charge in [0.1, 0.15) is 24.2 Å². The van der Waals surface area contributed by atoms with Crippen molar-refractivity contribution in [2.75, 3.05) is 18.9 Å². The van der Waals surface area contributed by atoms with Gasteiger partial charge < -0.3 is 10.6 Å². The number of aryl methyl sites for hydroxylation is 1. The maximum absolute atomic E-state index is 12.1. The highest BCUT2D eigenvalue weighted by Gasteiger charge is 2.14. The molecule has 0 saturated heterocycles. The van der Waals surface area contributed by atoms with Crippen LogP contribution in [0.4, 0.5) is 5.82 Å². The van der Waals surface area contributed by atoms with E-state index in [2.05, 4.69) is 42.1 Å². The van der Waals surface area contributed by atoms with Crippen molar-refractivity contribution in [3.8, 4) is 11.3 Å². The monoisotopic (exact) mass is 411 g/mol. The van der Waals surface area contributed by atoms with E-state index in [9.17, 15) is 4.79 Å². The second-order valence-electron chi connectivity index (χ2n) is 6.94. The first-order valence-electron chi connectivity index (χ1n) is 9.69. The number of nitrogens with zero attached hydrogens (tertiary/aromatic N) is 5. The lowest BCUT2D eigenvalue weighted by Crippen LogP contribution is -2.19. The number of rotatable bonds is 6. The maximum Gasteiger partial charge on any atom is 0.270 e. The van der Waals surface area contributed by atoms with Gasteiger partial charge in [0, 0.05) is 48.1 Å². The van der Waals surface area contributed by atoms with Gasteiger partial charge >= 0.3 is 0 Å². The highest BCUT2D eigenvalue weighted by molar-refractivity contribution is 6.06. The highest BCUT2D eigenvalue weighted by Crippen LogP contribution is 2.25. The van der Waals surface area contributed by atoms with Gasteiger partial charge in [-0.1, -0.05) is 24.8 Å². The summed E-state index contributed by atoms with van der Waals surface area (Å²) in [6.45, 7) is 6.59. The molecule has 0 fully saturated rings. The number of pyridine rings is 1. The van der Waals surface area contributed by atoms with Crippen LogP contribution in [0.5, 0.6) is 0 Å². The highest BCUT2D eigenvalue weighted by atomic mass is 16.1. The molecule has 1 amide bonds. The lowest BCUT2D eigenvalue weighted by atomic mass is 10.0. The molecule has 1 aromatic carbocycles. The van der Waals surface area contributed by atoms with Crippen molar-refractivity contribution >= 4 is 28.2 Å². The first-order chi connectivity index (χ1) is 15.1. The van der Waals surface area contributed by atoms with Gasteiger partial charge in [0.05, 0.1) is 11.2 Å². The maximum atomic E-state index is 12.1. The molecule has 3 heterocycles. The van der Waals surface area contributed by atoms with Crippen molar-refractivity contribution in [1.82, 2.24) is 30.2 Å². The molecule has 3 aromatic heterocycles. The predicted octanol–water partition coefficient (Wildman–Crippen LogP) is 3.28. The van der Waals surface area contributed by atoms with E-state index in [-0.39, 0.29) is 5.91 Å². The fourth-order valence-electron chi connectivity index (χ4n) is 3.20. The lowest BCUT2D eigenvalue weighted by molar-refractivity contribution is 0.0960. The van der Waals surface area contributed by atoms with Crippen molar-refractivity contribution < 1.29 is 4.79 Å².